The zero-order chi connectivity index (χ0) is 13.9. The van der Waals surface area contributed by atoms with Gasteiger partial charge in [-0.2, -0.15) is 0 Å². The van der Waals surface area contributed by atoms with Crippen molar-refractivity contribution in [2.45, 2.75) is 51.9 Å². The standard InChI is InChI=1S/C17H25FO/c1-17(2,9-4-10-19)15-8-7-14(11-15)13-5-3-6-16(18)12-13/h3,5-6,12,14-15,19H,4,7-11H2,1-2H3/t14-,15+/m1/s1. The summed E-state index contributed by atoms with van der Waals surface area (Å²) in [6.45, 7) is 4.89. The Bertz CT molecular complexity index is 413. The fourth-order valence-electron chi connectivity index (χ4n) is 3.49. The van der Waals surface area contributed by atoms with Gasteiger partial charge in [0.2, 0.25) is 0 Å². The lowest BCUT2D eigenvalue weighted by Crippen LogP contribution is -2.22. The van der Waals surface area contributed by atoms with Gasteiger partial charge in [0.25, 0.3) is 0 Å². The van der Waals surface area contributed by atoms with Crippen LogP contribution in [-0.4, -0.2) is 11.7 Å². The van der Waals surface area contributed by atoms with Crippen LogP contribution in [0, 0.1) is 17.2 Å². The third-order valence-corrected chi connectivity index (χ3v) is 4.84. The first-order valence-corrected chi connectivity index (χ1v) is 7.39. The van der Waals surface area contributed by atoms with Gasteiger partial charge in [0.05, 0.1) is 0 Å². The molecule has 1 N–H and O–H groups in total. The first-order chi connectivity index (χ1) is 9.03. The summed E-state index contributed by atoms with van der Waals surface area (Å²) >= 11 is 0. The van der Waals surface area contributed by atoms with Gasteiger partial charge in [-0.05, 0) is 67.1 Å². The quantitative estimate of drug-likeness (QED) is 0.829. The van der Waals surface area contributed by atoms with Crippen LogP contribution < -0.4 is 0 Å². The molecule has 0 aromatic heterocycles. The van der Waals surface area contributed by atoms with E-state index in [4.69, 9.17) is 5.11 Å². The molecule has 0 bridgehead atoms. The van der Waals surface area contributed by atoms with E-state index < -0.39 is 0 Å². The minimum Gasteiger partial charge on any atom is -0.396 e. The van der Waals surface area contributed by atoms with Crippen molar-refractivity contribution in [3.8, 4) is 0 Å². The fourth-order valence-corrected chi connectivity index (χ4v) is 3.49. The maximum atomic E-state index is 13.3. The van der Waals surface area contributed by atoms with Gasteiger partial charge in [0.15, 0.2) is 0 Å². The molecule has 106 valence electrons. The van der Waals surface area contributed by atoms with Crippen LogP contribution in [-0.2, 0) is 0 Å². The molecular weight excluding hydrogens is 239 g/mol. The highest BCUT2D eigenvalue weighted by Gasteiger charge is 2.36. The van der Waals surface area contributed by atoms with Gasteiger partial charge in [-0.15, -0.1) is 0 Å². The predicted molar refractivity (Wildman–Crippen MR) is 76.6 cm³/mol. The van der Waals surface area contributed by atoms with Crippen LogP contribution in [0.4, 0.5) is 4.39 Å². The molecule has 0 spiro atoms. The second-order valence-electron chi connectivity index (χ2n) is 6.58. The maximum Gasteiger partial charge on any atom is 0.123 e. The number of hydrogen-bond donors (Lipinski definition) is 1. The molecule has 0 unspecified atom stereocenters. The van der Waals surface area contributed by atoms with Crippen molar-refractivity contribution < 1.29 is 9.50 Å². The van der Waals surface area contributed by atoms with Crippen molar-refractivity contribution in [1.29, 1.82) is 0 Å². The van der Waals surface area contributed by atoms with E-state index in [1.165, 1.54) is 12.5 Å². The van der Waals surface area contributed by atoms with E-state index >= 15 is 0 Å². The Morgan fingerprint density at radius 1 is 1.32 bits per heavy atom. The first kappa shape index (κ1) is 14.5. The highest BCUT2D eigenvalue weighted by atomic mass is 19.1. The monoisotopic (exact) mass is 264 g/mol. The number of benzene rings is 1. The summed E-state index contributed by atoms with van der Waals surface area (Å²) < 4.78 is 13.3. The average Bonchev–Trinajstić information content (AvgIpc) is 2.87. The van der Waals surface area contributed by atoms with Gasteiger partial charge in [0.1, 0.15) is 5.82 Å². The van der Waals surface area contributed by atoms with Crippen LogP contribution in [0.15, 0.2) is 24.3 Å². The Hall–Kier alpha value is -0.890. The molecule has 0 amide bonds. The highest BCUT2D eigenvalue weighted by molar-refractivity contribution is 5.22. The van der Waals surface area contributed by atoms with Crippen molar-refractivity contribution in [2.24, 2.45) is 11.3 Å². The molecule has 1 aliphatic carbocycles. The number of hydrogen-bond acceptors (Lipinski definition) is 1. The van der Waals surface area contributed by atoms with E-state index in [0.29, 0.717) is 11.8 Å². The van der Waals surface area contributed by atoms with Gasteiger partial charge in [0, 0.05) is 6.61 Å². The number of aliphatic hydroxyl groups is 1. The van der Waals surface area contributed by atoms with E-state index in [-0.39, 0.29) is 17.8 Å². The van der Waals surface area contributed by atoms with Crippen LogP contribution in [0.2, 0.25) is 0 Å². The normalized spacial score (nSPS) is 23.8. The molecule has 1 fully saturated rings. The van der Waals surface area contributed by atoms with Gasteiger partial charge >= 0.3 is 0 Å². The molecular formula is C17H25FO. The van der Waals surface area contributed by atoms with E-state index in [1.807, 2.05) is 6.07 Å². The summed E-state index contributed by atoms with van der Waals surface area (Å²) in [5.74, 6) is 1.07. The Kier molecular flexibility index (Phi) is 4.62. The average molecular weight is 264 g/mol. The molecule has 19 heavy (non-hydrogen) atoms. The second kappa shape index (κ2) is 6.04. The molecule has 2 heteroatoms. The van der Waals surface area contributed by atoms with Crippen LogP contribution in [0.1, 0.15) is 57.4 Å². The SMILES string of the molecule is CC(C)(CCCO)[C@H]1CC[C@@H](c2cccc(F)c2)C1. The van der Waals surface area contributed by atoms with Gasteiger partial charge in [-0.25, -0.2) is 4.39 Å². The molecule has 1 saturated carbocycles. The van der Waals surface area contributed by atoms with Crippen molar-refractivity contribution in [3.63, 3.8) is 0 Å². The van der Waals surface area contributed by atoms with Crippen LogP contribution in [0.5, 0.6) is 0 Å². The number of halogens is 1. The fraction of sp³-hybridized carbons (Fsp3) is 0.647. The third kappa shape index (κ3) is 3.56. The van der Waals surface area contributed by atoms with Crippen molar-refractivity contribution in [3.05, 3.63) is 35.6 Å². The summed E-state index contributed by atoms with van der Waals surface area (Å²) in [5.41, 5.74) is 1.44. The molecule has 1 nitrogen and oxygen atoms in total. The summed E-state index contributed by atoms with van der Waals surface area (Å²) in [6.07, 6.45) is 5.50. The molecule has 1 aromatic rings. The molecule has 0 saturated heterocycles. The lowest BCUT2D eigenvalue weighted by Gasteiger charge is -2.32. The van der Waals surface area contributed by atoms with Gasteiger partial charge in [-0.1, -0.05) is 26.0 Å². The van der Waals surface area contributed by atoms with Crippen LogP contribution in [0.25, 0.3) is 0 Å². The smallest absolute Gasteiger partial charge is 0.123 e. The first-order valence-electron chi connectivity index (χ1n) is 7.39. The molecule has 0 heterocycles. The van der Waals surface area contributed by atoms with Crippen LogP contribution >= 0.6 is 0 Å². The number of rotatable bonds is 5. The Balaban J connectivity index is 1.99. The number of aliphatic hydroxyl groups excluding tert-OH is 1. The highest BCUT2D eigenvalue weighted by Crippen LogP contribution is 2.48. The van der Waals surface area contributed by atoms with E-state index in [1.54, 1.807) is 6.07 Å². The largest absolute Gasteiger partial charge is 0.396 e. The topological polar surface area (TPSA) is 20.2 Å². The molecule has 1 aromatic carbocycles. The minimum atomic E-state index is -0.125. The summed E-state index contributed by atoms with van der Waals surface area (Å²) in [6, 6.07) is 7.07. The van der Waals surface area contributed by atoms with Crippen molar-refractivity contribution in [1.82, 2.24) is 0 Å². The molecule has 0 aliphatic heterocycles. The third-order valence-electron chi connectivity index (χ3n) is 4.84. The van der Waals surface area contributed by atoms with Crippen LogP contribution in [0.3, 0.4) is 0 Å². The maximum absolute atomic E-state index is 13.3. The van der Waals surface area contributed by atoms with Crippen molar-refractivity contribution in [2.75, 3.05) is 6.61 Å². The Morgan fingerprint density at radius 3 is 2.79 bits per heavy atom. The molecule has 2 rings (SSSR count). The van der Waals surface area contributed by atoms with E-state index in [2.05, 4.69) is 19.9 Å². The Morgan fingerprint density at radius 2 is 2.11 bits per heavy atom. The van der Waals surface area contributed by atoms with E-state index in [9.17, 15) is 4.39 Å². The van der Waals surface area contributed by atoms with Crippen molar-refractivity contribution >= 4 is 0 Å². The summed E-state index contributed by atoms with van der Waals surface area (Å²) in [5, 5.41) is 8.99. The summed E-state index contributed by atoms with van der Waals surface area (Å²) in [7, 11) is 0. The molecule has 0 radical (unpaired) electrons. The predicted octanol–water partition coefficient (Wildman–Crippen LogP) is 4.51. The lowest BCUT2D eigenvalue weighted by molar-refractivity contribution is 0.171. The second-order valence-corrected chi connectivity index (χ2v) is 6.58. The minimum absolute atomic E-state index is 0.125. The lowest BCUT2D eigenvalue weighted by atomic mass is 9.74. The Labute approximate surface area is 115 Å². The van der Waals surface area contributed by atoms with Gasteiger partial charge < -0.3 is 5.11 Å². The molecule has 2 atom stereocenters. The van der Waals surface area contributed by atoms with E-state index in [0.717, 1.165) is 31.2 Å². The summed E-state index contributed by atoms with van der Waals surface area (Å²) in [4.78, 5) is 0. The zero-order valence-electron chi connectivity index (χ0n) is 12.0. The zero-order valence-corrected chi connectivity index (χ0v) is 12.0. The molecule has 1 aliphatic rings. The van der Waals surface area contributed by atoms with Gasteiger partial charge in [-0.3, -0.25) is 0 Å².